The molecule has 1 saturated carbocycles. The summed E-state index contributed by atoms with van der Waals surface area (Å²) >= 11 is 0. The lowest BCUT2D eigenvalue weighted by molar-refractivity contribution is -0.385. The molecule has 0 radical (unpaired) electrons. The molecule has 0 bridgehead atoms. The van der Waals surface area contributed by atoms with Crippen LogP contribution in [0.3, 0.4) is 0 Å². The zero-order chi connectivity index (χ0) is 12.4. The Morgan fingerprint density at radius 2 is 2.24 bits per heavy atom. The molecule has 1 aromatic heterocycles. The molecule has 1 fully saturated rings. The van der Waals surface area contributed by atoms with Gasteiger partial charge in [0.05, 0.1) is 11.5 Å². The molecule has 1 aliphatic rings. The summed E-state index contributed by atoms with van der Waals surface area (Å²) in [6, 6.07) is 0. The average Bonchev–Trinajstić information content (AvgIpc) is 3.11. The van der Waals surface area contributed by atoms with Gasteiger partial charge in [0, 0.05) is 13.0 Å². The number of anilines is 1. The second-order valence-electron chi connectivity index (χ2n) is 3.80. The van der Waals surface area contributed by atoms with Crippen LogP contribution in [-0.4, -0.2) is 28.5 Å². The van der Waals surface area contributed by atoms with Crippen LogP contribution in [0.4, 0.5) is 11.5 Å². The van der Waals surface area contributed by atoms with Gasteiger partial charge in [-0.05, 0) is 19.8 Å². The van der Waals surface area contributed by atoms with Gasteiger partial charge in [0.1, 0.15) is 5.82 Å². The molecule has 17 heavy (non-hydrogen) atoms. The Labute approximate surface area is 98.4 Å². The molecule has 0 aliphatic heterocycles. The van der Waals surface area contributed by atoms with E-state index in [0.29, 0.717) is 18.3 Å². The van der Waals surface area contributed by atoms with Gasteiger partial charge in [-0.2, -0.15) is 4.98 Å². The maximum absolute atomic E-state index is 11.0. The number of hydrogen-bond acceptors (Lipinski definition) is 6. The molecule has 0 saturated heterocycles. The number of ether oxygens (including phenoxy) is 1. The summed E-state index contributed by atoms with van der Waals surface area (Å²) < 4.78 is 5.23. The van der Waals surface area contributed by atoms with E-state index in [2.05, 4.69) is 15.3 Å². The van der Waals surface area contributed by atoms with E-state index in [1.165, 1.54) is 0 Å². The fourth-order valence-corrected chi connectivity index (χ4v) is 1.55. The molecule has 7 nitrogen and oxygen atoms in total. The van der Waals surface area contributed by atoms with Gasteiger partial charge < -0.3 is 10.1 Å². The molecule has 1 N–H and O–H groups in total. The molecule has 0 amide bonds. The summed E-state index contributed by atoms with van der Waals surface area (Å²) in [6.45, 7) is 2.10. The summed E-state index contributed by atoms with van der Waals surface area (Å²) in [5, 5.41) is 13.7. The molecule has 92 valence electrons. The van der Waals surface area contributed by atoms with Gasteiger partial charge in [0.2, 0.25) is 5.82 Å². The van der Waals surface area contributed by atoms with E-state index in [-0.39, 0.29) is 17.4 Å². The maximum Gasteiger partial charge on any atom is 0.372 e. The number of aromatic nitrogens is 2. The van der Waals surface area contributed by atoms with Crippen molar-refractivity contribution in [2.75, 3.05) is 19.0 Å². The molecular formula is C10H14N4O3. The molecule has 0 aromatic carbocycles. The van der Waals surface area contributed by atoms with Crippen LogP contribution in [0.1, 0.15) is 31.5 Å². The molecular weight excluding hydrogens is 224 g/mol. The van der Waals surface area contributed by atoms with Crippen LogP contribution >= 0.6 is 0 Å². The Morgan fingerprint density at radius 3 is 2.71 bits per heavy atom. The number of nitro groups is 1. The molecule has 7 heteroatoms. The number of nitrogens with zero attached hydrogens (tertiary/aromatic N) is 3. The fraction of sp³-hybridized carbons (Fsp3) is 0.600. The Kier molecular flexibility index (Phi) is 3.08. The predicted molar refractivity (Wildman–Crippen MR) is 61.4 cm³/mol. The second kappa shape index (κ2) is 4.52. The molecule has 0 unspecified atom stereocenters. The molecule has 1 aliphatic carbocycles. The van der Waals surface area contributed by atoms with Gasteiger partial charge in [0.15, 0.2) is 0 Å². The second-order valence-corrected chi connectivity index (χ2v) is 3.80. The van der Waals surface area contributed by atoms with Crippen LogP contribution in [0, 0.1) is 10.1 Å². The van der Waals surface area contributed by atoms with Crippen molar-refractivity contribution in [3.8, 4) is 5.88 Å². The highest BCUT2D eigenvalue weighted by atomic mass is 16.6. The predicted octanol–water partition coefficient (Wildman–Crippen LogP) is 1.70. The SMILES string of the molecule is CCOc1nc(C2CC2)nc(NC)c1[N+](=O)[O-]. The summed E-state index contributed by atoms with van der Waals surface area (Å²) in [7, 11) is 1.60. The third kappa shape index (κ3) is 2.27. The lowest BCUT2D eigenvalue weighted by Crippen LogP contribution is -2.08. The van der Waals surface area contributed by atoms with Gasteiger partial charge in [-0.1, -0.05) is 0 Å². The highest BCUT2D eigenvalue weighted by Gasteiger charge is 2.32. The minimum absolute atomic E-state index is 0.0544. The van der Waals surface area contributed by atoms with Gasteiger partial charge in [0.25, 0.3) is 5.88 Å². The van der Waals surface area contributed by atoms with E-state index < -0.39 is 4.92 Å². The molecule has 0 atom stereocenters. The van der Waals surface area contributed by atoms with Crippen molar-refractivity contribution in [2.24, 2.45) is 0 Å². The van der Waals surface area contributed by atoms with E-state index >= 15 is 0 Å². The molecule has 0 spiro atoms. The van der Waals surface area contributed by atoms with Gasteiger partial charge >= 0.3 is 5.69 Å². The third-order valence-electron chi connectivity index (χ3n) is 2.51. The van der Waals surface area contributed by atoms with Crippen molar-refractivity contribution in [2.45, 2.75) is 25.7 Å². The van der Waals surface area contributed by atoms with Crippen LogP contribution in [0.2, 0.25) is 0 Å². The van der Waals surface area contributed by atoms with Gasteiger partial charge in [-0.25, -0.2) is 4.98 Å². The maximum atomic E-state index is 11.0. The van der Waals surface area contributed by atoms with Crippen molar-refractivity contribution in [1.29, 1.82) is 0 Å². The van der Waals surface area contributed by atoms with Crippen LogP contribution in [0.5, 0.6) is 5.88 Å². The van der Waals surface area contributed by atoms with E-state index in [1.807, 2.05) is 0 Å². The summed E-state index contributed by atoms with van der Waals surface area (Å²) in [4.78, 5) is 18.8. The largest absolute Gasteiger partial charge is 0.473 e. The number of rotatable bonds is 5. The molecule has 1 aromatic rings. The van der Waals surface area contributed by atoms with Crippen LogP contribution in [0.15, 0.2) is 0 Å². The monoisotopic (exact) mass is 238 g/mol. The van der Waals surface area contributed by atoms with E-state index in [0.717, 1.165) is 12.8 Å². The van der Waals surface area contributed by atoms with Crippen LogP contribution < -0.4 is 10.1 Å². The Morgan fingerprint density at radius 1 is 1.53 bits per heavy atom. The number of hydrogen-bond donors (Lipinski definition) is 1. The van der Waals surface area contributed by atoms with Crippen molar-refractivity contribution >= 4 is 11.5 Å². The fourth-order valence-electron chi connectivity index (χ4n) is 1.55. The highest BCUT2D eigenvalue weighted by molar-refractivity contribution is 5.61. The van der Waals surface area contributed by atoms with Gasteiger partial charge in [-0.15, -0.1) is 0 Å². The topological polar surface area (TPSA) is 90.2 Å². The summed E-state index contributed by atoms with van der Waals surface area (Å²) in [6.07, 6.45) is 2.07. The van der Waals surface area contributed by atoms with Crippen molar-refractivity contribution < 1.29 is 9.66 Å². The first kappa shape index (κ1) is 11.6. The Hall–Kier alpha value is -1.92. The lowest BCUT2D eigenvalue weighted by atomic mass is 10.3. The van der Waals surface area contributed by atoms with Gasteiger partial charge in [-0.3, -0.25) is 10.1 Å². The van der Waals surface area contributed by atoms with E-state index in [1.54, 1.807) is 14.0 Å². The van der Waals surface area contributed by atoms with Crippen molar-refractivity contribution in [3.05, 3.63) is 15.9 Å². The quantitative estimate of drug-likeness (QED) is 0.620. The summed E-state index contributed by atoms with van der Waals surface area (Å²) in [5.41, 5.74) is -0.196. The molecule has 2 rings (SSSR count). The zero-order valence-corrected chi connectivity index (χ0v) is 9.77. The van der Waals surface area contributed by atoms with Crippen LogP contribution in [0.25, 0.3) is 0 Å². The van der Waals surface area contributed by atoms with Crippen molar-refractivity contribution in [1.82, 2.24) is 9.97 Å². The molecule has 1 heterocycles. The normalized spacial score (nSPS) is 14.5. The first-order valence-electron chi connectivity index (χ1n) is 5.54. The Balaban J connectivity index is 2.50. The summed E-state index contributed by atoms with van der Waals surface area (Å²) in [5.74, 6) is 1.22. The van der Waals surface area contributed by atoms with E-state index in [9.17, 15) is 10.1 Å². The lowest BCUT2D eigenvalue weighted by Gasteiger charge is -2.08. The third-order valence-corrected chi connectivity index (χ3v) is 2.51. The Bertz CT molecular complexity index is 445. The first-order valence-corrected chi connectivity index (χ1v) is 5.54. The minimum atomic E-state index is -0.520. The number of nitrogens with one attached hydrogen (secondary N) is 1. The van der Waals surface area contributed by atoms with Crippen molar-refractivity contribution in [3.63, 3.8) is 0 Å². The first-order chi connectivity index (χ1) is 8.17. The zero-order valence-electron chi connectivity index (χ0n) is 9.77. The average molecular weight is 238 g/mol. The standard InChI is InChI=1S/C10H14N4O3/c1-3-17-10-7(14(15)16)9(11-2)12-8(13-10)6-4-5-6/h6H,3-5H2,1-2H3,(H,11,12,13). The smallest absolute Gasteiger partial charge is 0.372 e. The minimum Gasteiger partial charge on any atom is -0.473 e. The highest BCUT2D eigenvalue weighted by Crippen LogP contribution is 2.41. The van der Waals surface area contributed by atoms with Crippen LogP contribution in [-0.2, 0) is 0 Å². The van der Waals surface area contributed by atoms with E-state index in [4.69, 9.17) is 4.74 Å².